The highest BCUT2D eigenvalue weighted by Crippen LogP contribution is 2.41. The van der Waals surface area contributed by atoms with Gasteiger partial charge in [-0.2, -0.15) is 0 Å². The number of benzene rings is 2. The summed E-state index contributed by atoms with van der Waals surface area (Å²) in [5, 5.41) is 1.38. The first-order chi connectivity index (χ1) is 11.5. The molecule has 0 bridgehead atoms. The second kappa shape index (κ2) is 6.13. The van der Waals surface area contributed by atoms with E-state index >= 15 is 0 Å². The lowest BCUT2D eigenvalue weighted by atomic mass is 9.69. The Balaban J connectivity index is 1.66. The van der Waals surface area contributed by atoms with Crippen molar-refractivity contribution in [2.24, 2.45) is 17.8 Å². The summed E-state index contributed by atoms with van der Waals surface area (Å²) in [6, 6.07) is 5.51. The molecule has 4 rings (SSSR count). The van der Waals surface area contributed by atoms with Crippen molar-refractivity contribution in [2.75, 3.05) is 0 Å². The molecule has 2 aromatic carbocycles. The molecule has 0 amide bonds. The minimum Gasteiger partial charge on any atom is -0.207 e. The highest BCUT2D eigenvalue weighted by molar-refractivity contribution is 5.88. The van der Waals surface area contributed by atoms with Gasteiger partial charge < -0.3 is 0 Å². The highest BCUT2D eigenvalue weighted by Gasteiger charge is 2.30. The fourth-order valence-electron chi connectivity index (χ4n) is 4.97. The summed E-state index contributed by atoms with van der Waals surface area (Å²) < 4.78 is 28.4. The van der Waals surface area contributed by atoms with Gasteiger partial charge in [0.2, 0.25) is 0 Å². The van der Waals surface area contributed by atoms with E-state index in [1.807, 2.05) is 6.07 Å². The van der Waals surface area contributed by atoms with E-state index in [9.17, 15) is 8.78 Å². The zero-order valence-corrected chi connectivity index (χ0v) is 14.7. The van der Waals surface area contributed by atoms with Crippen molar-refractivity contribution >= 4 is 10.8 Å². The molecule has 2 aromatic rings. The van der Waals surface area contributed by atoms with Crippen molar-refractivity contribution in [3.63, 3.8) is 0 Å². The van der Waals surface area contributed by atoms with Gasteiger partial charge in [-0.3, -0.25) is 0 Å². The molecule has 2 heteroatoms. The predicted octanol–water partition coefficient (Wildman–Crippen LogP) is 6.36. The molecule has 128 valence electrons. The van der Waals surface area contributed by atoms with Crippen LogP contribution in [-0.4, -0.2) is 0 Å². The second-order valence-corrected chi connectivity index (χ2v) is 8.12. The zero-order valence-electron chi connectivity index (χ0n) is 14.7. The molecule has 2 aliphatic rings. The summed E-state index contributed by atoms with van der Waals surface area (Å²) in [5.74, 6) is 1.67. The van der Waals surface area contributed by atoms with E-state index in [0.29, 0.717) is 5.39 Å². The van der Waals surface area contributed by atoms with E-state index in [1.165, 1.54) is 50.2 Å². The van der Waals surface area contributed by atoms with Crippen LogP contribution in [0.25, 0.3) is 10.8 Å². The molecule has 1 unspecified atom stereocenters. The predicted molar refractivity (Wildman–Crippen MR) is 95.2 cm³/mol. The quantitative estimate of drug-likeness (QED) is 0.571. The fraction of sp³-hybridized carbons (Fsp3) is 0.545. The van der Waals surface area contributed by atoms with E-state index < -0.39 is 11.6 Å². The normalized spacial score (nSPS) is 27.2. The van der Waals surface area contributed by atoms with Crippen molar-refractivity contribution in [3.8, 4) is 0 Å². The molecule has 0 N–H and O–H groups in total. The second-order valence-electron chi connectivity index (χ2n) is 8.12. The number of hydrogen-bond donors (Lipinski definition) is 0. The van der Waals surface area contributed by atoms with Gasteiger partial charge in [0.15, 0.2) is 0 Å². The standard InChI is InChI=1S/C22H26F2/c1-13-3-5-15(6-4-13)16-7-9-18-17(11-16)8-10-19-20(18)12-21(23)14(2)22(19)24/h8,10,12-13,15-16H,3-7,9,11H2,1-2H3. The highest BCUT2D eigenvalue weighted by atomic mass is 19.1. The van der Waals surface area contributed by atoms with E-state index in [-0.39, 0.29) is 5.56 Å². The Morgan fingerprint density at radius 2 is 1.67 bits per heavy atom. The molecule has 0 nitrogen and oxygen atoms in total. The summed E-state index contributed by atoms with van der Waals surface area (Å²) in [4.78, 5) is 0. The number of aryl methyl sites for hydroxylation is 1. The number of fused-ring (bicyclic) bond motifs is 3. The molecule has 1 saturated carbocycles. The molecule has 24 heavy (non-hydrogen) atoms. The van der Waals surface area contributed by atoms with Gasteiger partial charge in [0.05, 0.1) is 0 Å². The van der Waals surface area contributed by atoms with Gasteiger partial charge in [0.25, 0.3) is 0 Å². The van der Waals surface area contributed by atoms with E-state index in [2.05, 4.69) is 13.0 Å². The van der Waals surface area contributed by atoms with Crippen LogP contribution < -0.4 is 0 Å². The summed E-state index contributed by atoms with van der Waals surface area (Å²) in [6.45, 7) is 3.88. The average Bonchev–Trinajstić information content (AvgIpc) is 2.60. The van der Waals surface area contributed by atoms with Crippen molar-refractivity contribution in [3.05, 3.63) is 46.5 Å². The first-order valence-electron chi connectivity index (χ1n) is 9.43. The molecular weight excluding hydrogens is 302 g/mol. The Hall–Kier alpha value is -1.44. The van der Waals surface area contributed by atoms with Gasteiger partial charge in [-0.05, 0) is 79.4 Å². The van der Waals surface area contributed by atoms with Gasteiger partial charge in [0.1, 0.15) is 11.6 Å². The van der Waals surface area contributed by atoms with Gasteiger partial charge in [-0.25, -0.2) is 8.78 Å². The van der Waals surface area contributed by atoms with Gasteiger partial charge >= 0.3 is 0 Å². The first kappa shape index (κ1) is 16.1. The van der Waals surface area contributed by atoms with Crippen molar-refractivity contribution in [1.29, 1.82) is 0 Å². The molecule has 0 aromatic heterocycles. The summed E-state index contributed by atoms with van der Waals surface area (Å²) in [7, 11) is 0. The van der Waals surface area contributed by atoms with Crippen LogP contribution in [0.15, 0.2) is 18.2 Å². The van der Waals surface area contributed by atoms with Crippen LogP contribution in [0, 0.1) is 36.3 Å². The van der Waals surface area contributed by atoms with Crippen LogP contribution in [0.4, 0.5) is 8.78 Å². The third-order valence-electron chi connectivity index (χ3n) is 6.62. The third kappa shape index (κ3) is 2.64. The van der Waals surface area contributed by atoms with Crippen molar-refractivity contribution < 1.29 is 8.78 Å². The van der Waals surface area contributed by atoms with Crippen LogP contribution in [0.3, 0.4) is 0 Å². The first-order valence-corrected chi connectivity index (χ1v) is 9.43. The monoisotopic (exact) mass is 328 g/mol. The average molecular weight is 328 g/mol. The number of halogens is 2. The Morgan fingerprint density at radius 3 is 2.42 bits per heavy atom. The van der Waals surface area contributed by atoms with Crippen LogP contribution in [0.1, 0.15) is 55.7 Å². The molecule has 2 aliphatic carbocycles. The topological polar surface area (TPSA) is 0 Å². The molecule has 0 radical (unpaired) electrons. The van der Waals surface area contributed by atoms with Gasteiger partial charge in [-0.15, -0.1) is 0 Å². The molecule has 1 atom stereocenters. The van der Waals surface area contributed by atoms with Crippen molar-refractivity contribution in [2.45, 2.75) is 58.8 Å². The van der Waals surface area contributed by atoms with Crippen LogP contribution in [0.5, 0.6) is 0 Å². The van der Waals surface area contributed by atoms with E-state index in [0.717, 1.165) is 36.0 Å². The van der Waals surface area contributed by atoms with Gasteiger partial charge in [0, 0.05) is 10.9 Å². The van der Waals surface area contributed by atoms with Crippen molar-refractivity contribution in [1.82, 2.24) is 0 Å². The maximum absolute atomic E-state index is 14.4. The SMILES string of the molecule is Cc1c(F)cc2c3c(ccc2c1F)CC(C1CCC(C)CC1)CC3. The van der Waals surface area contributed by atoms with E-state index in [1.54, 1.807) is 6.07 Å². The Labute approximate surface area is 143 Å². The van der Waals surface area contributed by atoms with Crippen LogP contribution in [0.2, 0.25) is 0 Å². The van der Waals surface area contributed by atoms with Crippen LogP contribution in [-0.2, 0) is 12.8 Å². The molecular formula is C22H26F2. The van der Waals surface area contributed by atoms with Gasteiger partial charge in [-0.1, -0.05) is 31.9 Å². The van der Waals surface area contributed by atoms with Crippen LogP contribution >= 0.6 is 0 Å². The lowest BCUT2D eigenvalue weighted by Crippen LogP contribution is -2.26. The summed E-state index contributed by atoms with van der Waals surface area (Å²) in [5.41, 5.74) is 2.64. The molecule has 0 aliphatic heterocycles. The largest absolute Gasteiger partial charge is 0.207 e. The molecule has 1 fully saturated rings. The minimum atomic E-state index is -0.420. The lowest BCUT2D eigenvalue weighted by molar-refractivity contribution is 0.197. The molecule has 0 spiro atoms. The number of hydrogen-bond acceptors (Lipinski definition) is 0. The lowest BCUT2D eigenvalue weighted by Gasteiger charge is -2.36. The fourth-order valence-corrected chi connectivity index (χ4v) is 4.97. The summed E-state index contributed by atoms with van der Waals surface area (Å²) in [6.07, 6.45) is 8.66. The summed E-state index contributed by atoms with van der Waals surface area (Å²) >= 11 is 0. The maximum atomic E-state index is 14.4. The van der Waals surface area contributed by atoms with E-state index in [4.69, 9.17) is 0 Å². The maximum Gasteiger partial charge on any atom is 0.136 e. The zero-order chi connectivity index (χ0) is 16.8. The third-order valence-corrected chi connectivity index (χ3v) is 6.62. The smallest absolute Gasteiger partial charge is 0.136 e. The Kier molecular flexibility index (Phi) is 4.10. The minimum absolute atomic E-state index is 0.132. The Morgan fingerprint density at radius 1 is 0.917 bits per heavy atom. The molecule has 0 heterocycles. The Bertz CT molecular complexity index is 769. The molecule has 0 saturated heterocycles. The number of rotatable bonds is 1.